The van der Waals surface area contributed by atoms with Crippen LogP contribution in [0.4, 0.5) is 8.78 Å². The lowest BCUT2D eigenvalue weighted by Crippen LogP contribution is -2.43. The minimum atomic E-state index is -2.65. The summed E-state index contributed by atoms with van der Waals surface area (Å²) in [6, 6.07) is 7.19. The van der Waals surface area contributed by atoms with Gasteiger partial charge >= 0.3 is 0 Å². The third-order valence-corrected chi connectivity index (χ3v) is 4.19. The molecule has 122 valence electrons. The Kier molecular flexibility index (Phi) is 4.35. The van der Waals surface area contributed by atoms with E-state index in [-0.39, 0.29) is 38.3 Å². The van der Waals surface area contributed by atoms with Gasteiger partial charge in [0.05, 0.1) is 6.42 Å². The summed E-state index contributed by atoms with van der Waals surface area (Å²) in [5.41, 5.74) is 1.53. The molecule has 0 unspecified atom stereocenters. The molecule has 1 N–H and O–H groups in total. The molecule has 1 amide bonds. The number of likely N-dealkylation sites (tertiary alicyclic amines) is 1. The molecule has 0 radical (unpaired) electrons. The van der Waals surface area contributed by atoms with Crippen LogP contribution >= 0.6 is 11.6 Å². The Morgan fingerprint density at radius 2 is 1.91 bits per heavy atom. The lowest BCUT2D eigenvalue weighted by Gasteiger charge is -2.31. The molecule has 4 nitrogen and oxygen atoms in total. The molecule has 1 aromatic carbocycles. The van der Waals surface area contributed by atoms with Gasteiger partial charge in [-0.1, -0.05) is 11.6 Å². The minimum absolute atomic E-state index is 0.101. The van der Waals surface area contributed by atoms with E-state index in [4.69, 9.17) is 11.6 Å². The molecule has 7 heteroatoms. The van der Waals surface area contributed by atoms with E-state index in [1.807, 2.05) is 12.1 Å². The van der Waals surface area contributed by atoms with Crippen molar-refractivity contribution < 1.29 is 13.6 Å². The number of nitrogens with zero attached hydrogens (tertiary/aromatic N) is 2. The molecule has 1 fully saturated rings. The van der Waals surface area contributed by atoms with E-state index in [2.05, 4.69) is 9.97 Å². The number of amides is 1. The highest BCUT2D eigenvalue weighted by Gasteiger charge is 2.35. The number of H-pyrrole nitrogens is 1. The van der Waals surface area contributed by atoms with Crippen molar-refractivity contribution in [1.82, 2.24) is 14.9 Å². The first-order valence-corrected chi connectivity index (χ1v) is 7.76. The zero-order chi connectivity index (χ0) is 16.4. The van der Waals surface area contributed by atoms with E-state index in [1.54, 1.807) is 18.3 Å². The van der Waals surface area contributed by atoms with Gasteiger partial charge in [0.2, 0.25) is 5.91 Å². The van der Waals surface area contributed by atoms with Crippen LogP contribution in [0, 0.1) is 0 Å². The second-order valence-electron chi connectivity index (χ2n) is 5.68. The van der Waals surface area contributed by atoms with Crippen LogP contribution in [0.15, 0.2) is 30.5 Å². The average Bonchev–Trinajstić information content (AvgIpc) is 2.96. The minimum Gasteiger partial charge on any atom is -0.342 e. The predicted molar refractivity (Wildman–Crippen MR) is 83.5 cm³/mol. The maximum Gasteiger partial charge on any atom is 0.251 e. The van der Waals surface area contributed by atoms with E-state index in [9.17, 15) is 13.6 Å². The van der Waals surface area contributed by atoms with Gasteiger partial charge in [-0.25, -0.2) is 13.8 Å². The quantitative estimate of drug-likeness (QED) is 0.930. The lowest BCUT2D eigenvalue weighted by atomic mass is 10.1. The number of benzene rings is 1. The monoisotopic (exact) mass is 339 g/mol. The highest BCUT2D eigenvalue weighted by molar-refractivity contribution is 6.30. The summed E-state index contributed by atoms with van der Waals surface area (Å²) in [7, 11) is 0. The van der Waals surface area contributed by atoms with Crippen molar-refractivity contribution >= 4 is 17.5 Å². The Bertz CT molecular complexity index is 690. The number of imidazole rings is 1. The van der Waals surface area contributed by atoms with Crippen LogP contribution in [0.1, 0.15) is 18.5 Å². The van der Waals surface area contributed by atoms with Crippen molar-refractivity contribution in [3.63, 3.8) is 0 Å². The first-order chi connectivity index (χ1) is 10.9. The summed E-state index contributed by atoms with van der Waals surface area (Å²) < 4.78 is 26.2. The SMILES string of the molecule is O=C(Cc1cnc(-c2ccc(Cl)cc2)[nH]1)N1CCC(F)(F)CC1. The summed E-state index contributed by atoms with van der Waals surface area (Å²) >= 11 is 5.85. The number of hydrogen-bond acceptors (Lipinski definition) is 2. The first kappa shape index (κ1) is 15.9. The summed E-state index contributed by atoms with van der Waals surface area (Å²) in [4.78, 5) is 21.0. The molecule has 1 aromatic heterocycles. The van der Waals surface area contributed by atoms with Crippen LogP contribution in [0.2, 0.25) is 5.02 Å². The topological polar surface area (TPSA) is 49.0 Å². The van der Waals surface area contributed by atoms with Crippen molar-refractivity contribution in [2.75, 3.05) is 13.1 Å². The fraction of sp³-hybridized carbons (Fsp3) is 0.375. The maximum atomic E-state index is 13.1. The number of alkyl halides is 2. The van der Waals surface area contributed by atoms with Crippen LogP contribution in [0.5, 0.6) is 0 Å². The number of hydrogen-bond donors (Lipinski definition) is 1. The molecule has 0 aliphatic carbocycles. The number of aromatic nitrogens is 2. The standard InChI is InChI=1S/C16H16ClF2N3O/c17-12-3-1-11(2-4-12)15-20-10-13(21-15)9-14(23)22-7-5-16(18,19)6-8-22/h1-4,10H,5-9H2,(H,20,21). The van der Waals surface area contributed by atoms with E-state index < -0.39 is 5.92 Å². The molecule has 0 atom stereocenters. The van der Waals surface area contributed by atoms with Crippen LogP contribution in [-0.2, 0) is 11.2 Å². The molecule has 2 aromatic rings. The highest BCUT2D eigenvalue weighted by atomic mass is 35.5. The predicted octanol–water partition coefficient (Wildman–Crippen LogP) is 3.53. The Morgan fingerprint density at radius 3 is 2.57 bits per heavy atom. The van der Waals surface area contributed by atoms with Crippen molar-refractivity contribution in [1.29, 1.82) is 0 Å². The van der Waals surface area contributed by atoms with Gasteiger partial charge in [0.25, 0.3) is 5.92 Å². The summed E-state index contributed by atoms with van der Waals surface area (Å²) in [6.07, 6.45) is 1.20. The van der Waals surface area contributed by atoms with Gasteiger partial charge in [-0.15, -0.1) is 0 Å². The number of piperidine rings is 1. The van der Waals surface area contributed by atoms with E-state index in [0.717, 1.165) is 5.56 Å². The maximum absolute atomic E-state index is 13.1. The van der Waals surface area contributed by atoms with Crippen molar-refractivity contribution in [3.05, 3.63) is 41.2 Å². The molecule has 1 saturated heterocycles. The van der Waals surface area contributed by atoms with Gasteiger partial charge in [-0.05, 0) is 24.3 Å². The summed E-state index contributed by atoms with van der Waals surface area (Å²) in [6.45, 7) is 0.202. The Hall–Kier alpha value is -1.95. The molecule has 2 heterocycles. The normalized spacial score (nSPS) is 17.3. The number of rotatable bonds is 3. The summed E-state index contributed by atoms with van der Waals surface area (Å²) in [5, 5.41) is 0.637. The molecule has 1 aliphatic rings. The van der Waals surface area contributed by atoms with Gasteiger partial charge in [0.1, 0.15) is 5.82 Å². The van der Waals surface area contributed by atoms with Crippen LogP contribution in [-0.4, -0.2) is 39.8 Å². The number of carbonyl (C=O) groups excluding carboxylic acids is 1. The number of halogens is 3. The van der Waals surface area contributed by atoms with Crippen molar-refractivity contribution in [2.24, 2.45) is 0 Å². The van der Waals surface area contributed by atoms with Gasteiger partial charge in [-0.2, -0.15) is 0 Å². The highest BCUT2D eigenvalue weighted by Crippen LogP contribution is 2.28. The Morgan fingerprint density at radius 1 is 1.26 bits per heavy atom. The van der Waals surface area contributed by atoms with E-state index >= 15 is 0 Å². The average molecular weight is 340 g/mol. The fourth-order valence-electron chi connectivity index (χ4n) is 2.56. The molecule has 3 rings (SSSR count). The molecular formula is C16H16ClF2N3O. The van der Waals surface area contributed by atoms with Gasteiger partial charge < -0.3 is 9.88 Å². The largest absolute Gasteiger partial charge is 0.342 e. The first-order valence-electron chi connectivity index (χ1n) is 7.38. The lowest BCUT2D eigenvalue weighted by molar-refractivity contribution is -0.136. The molecule has 0 spiro atoms. The number of aromatic amines is 1. The summed E-state index contributed by atoms with van der Waals surface area (Å²) in [5.74, 6) is -2.16. The third kappa shape index (κ3) is 3.88. The van der Waals surface area contributed by atoms with Crippen molar-refractivity contribution in [3.8, 4) is 11.4 Å². The van der Waals surface area contributed by atoms with E-state index in [1.165, 1.54) is 4.90 Å². The molecule has 0 saturated carbocycles. The zero-order valence-corrected chi connectivity index (χ0v) is 13.1. The number of carbonyl (C=O) groups is 1. The van der Waals surface area contributed by atoms with Crippen LogP contribution < -0.4 is 0 Å². The molecule has 0 bridgehead atoms. The zero-order valence-electron chi connectivity index (χ0n) is 12.4. The Balaban J connectivity index is 1.63. The Labute approximate surface area is 137 Å². The second-order valence-corrected chi connectivity index (χ2v) is 6.11. The van der Waals surface area contributed by atoms with Gasteiger partial charge in [0.15, 0.2) is 0 Å². The second kappa shape index (κ2) is 6.28. The van der Waals surface area contributed by atoms with Crippen molar-refractivity contribution in [2.45, 2.75) is 25.2 Å². The van der Waals surface area contributed by atoms with Crippen LogP contribution in [0.3, 0.4) is 0 Å². The molecule has 1 aliphatic heterocycles. The smallest absolute Gasteiger partial charge is 0.251 e. The van der Waals surface area contributed by atoms with Crippen LogP contribution in [0.25, 0.3) is 11.4 Å². The van der Waals surface area contributed by atoms with Gasteiger partial charge in [0, 0.05) is 48.4 Å². The van der Waals surface area contributed by atoms with E-state index in [0.29, 0.717) is 16.5 Å². The van der Waals surface area contributed by atoms with Gasteiger partial charge in [-0.3, -0.25) is 4.79 Å². The fourth-order valence-corrected chi connectivity index (χ4v) is 2.69. The number of nitrogens with one attached hydrogen (secondary N) is 1. The molecular weight excluding hydrogens is 324 g/mol. The molecule has 23 heavy (non-hydrogen) atoms. The third-order valence-electron chi connectivity index (χ3n) is 3.94.